The largest absolute Gasteiger partial charge is 0.478 e. The van der Waals surface area contributed by atoms with Gasteiger partial charge in [0, 0.05) is 19.2 Å². The van der Waals surface area contributed by atoms with Crippen LogP contribution in [0.25, 0.3) is 0 Å². The van der Waals surface area contributed by atoms with Crippen molar-refractivity contribution in [3.63, 3.8) is 0 Å². The summed E-state index contributed by atoms with van der Waals surface area (Å²) in [4.78, 5) is 10.2. The van der Waals surface area contributed by atoms with Gasteiger partial charge in [-0.25, -0.2) is 4.79 Å². The Balaban J connectivity index is 1.89. The van der Waals surface area contributed by atoms with Crippen molar-refractivity contribution in [2.24, 2.45) is 0 Å². The van der Waals surface area contributed by atoms with Crippen molar-refractivity contribution < 1.29 is 14.6 Å². The van der Waals surface area contributed by atoms with Crippen LogP contribution in [0.1, 0.15) is 32.1 Å². The Morgan fingerprint density at radius 3 is 2.81 bits per heavy atom. The van der Waals surface area contributed by atoms with E-state index in [1.54, 1.807) is 6.08 Å². The molecule has 0 bridgehead atoms. The van der Waals surface area contributed by atoms with Crippen LogP contribution >= 0.6 is 0 Å². The van der Waals surface area contributed by atoms with Gasteiger partial charge in [-0.3, -0.25) is 0 Å². The Morgan fingerprint density at radius 2 is 2.12 bits per heavy atom. The van der Waals surface area contributed by atoms with Crippen molar-refractivity contribution in [1.29, 1.82) is 0 Å². The van der Waals surface area contributed by atoms with E-state index >= 15 is 0 Å². The van der Waals surface area contributed by atoms with E-state index < -0.39 is 5.97 Å². The number of ether oxygens (including phenoxy) is 1. The third kappa shape index (κ3) is 6.58. The lowest BCUT2D eigenvalue weighted by Crippen LogP contribution is -2.24. The first-order valence-corrected chi connectivity index (χ1v) is 6.01. The molecule has 1 rings (SSSR count). The topological polar surface area (TPSA) is 58.6 Å². The van der Waals surface area contributed by atoms with Crippen LogP contribution in [0, 0.1) is 0 Å². The molecule has 1 aliphatic carbocycles. The summed E-state index contributed by atoms with van der Waals surface area (Å²) >= 11 is 0. The molecule has 0 atom stereocenters. The molecule has 1 saturated carbocycles. The molecular formula is C12H21NO3. The zero-order valence-corrected chi connectivity index (χ0v) is 9.65. The smallest absolute Gasteiger partial charge is 0.328 e. The second-order valence-corrected chi connectivity index (χ2v) is 4.08. The Labute approximate surface area is 96.7 Å². The van der Waals surface area contributed by atoms with E-state index in [1.165, 1.54) is 32.1 Å². The number of rotatable bonds is 7. The molecular weight excluding hydrogens is 206 g/mol. The van der Waals surface area contributed by atoms with Gasteiger partial charge in [0.15, 0.2) is 0 Å². The average Bonchev–Trinajstić information content (AvgIpc) is 2.29. The SMILES string of the molecule is O=C(O)/C=C/CNCCOC1CCCCC1. The van der Waals surface area contributed by atoms with Crippen molar-refractivity contribution in [2.75, 3.05) is 19.7 Å². The van der Waals surface area contributed by atoms with Crippen LogP contribution in [0.5, 0.6) is 0 Å². The van der Waals surface area contributed by atoms with Gasteiger partial charge in [-0.15, -0.1) is 0 Å². The predicted molar refractivity (Wildman–Crippen MR) is 62.5 cm³/mol. The van der Waals surface area contributed by atoms with Crippen LogP contribution in [0.4, 0.5) is 0 Å². The minimum Gasteiger partial charge on any atom is -0.478 e. The summed E-state index contributed by atoms with van der Waals surface area (Å²) in [6.45, 7) is 2.08. The number of nitrogens with one attached hydrogen (secondary N) is 1. The van der Waals surface area contributed by atoms with E-state index in [2.05, 4.69) is 5.32 Å². The summed E-state index contributed by atoms with van der Waals surface area (Å²) in [7, 11) is 0. The molecule has 0 heterocycles. The molecule has 0 aromatic heterocycles. The fraction of sp³-hybridized carbons (Fsp3) is 0.750. The van der Waals surface area contributed by atoms with Gasteiger partial charge in [0.2, 0.25) is 0 Å². The summed E-state index contributed by atoms with van der Waals surface area (Å²) in [6.07, 6.45) is 9.51. The van der Waals surface area contributed by atoms with Crippen LogP contribution in [-0.4, -0.2) is 36.9 Å². The van der Waals surface area contributed by atoms with Crippen LogP contribution in [0.3, 0.4) is 0 Å². The molecule has 0 spiro atoms. The van der Waals surface area contributed by atoms with Crippen molar-refractivity contribution in [1.82, 2.24) is 5.32 Å². The zero-order chi connectivity index (χ0) is 11.6. The highest BCUT2D eigenvalue weighted by Crippen LogP contribution is 2.19. The summed E-state index contributed by atoms with van der Waals surface area (Å²) in [5.74, 6) is -0.903. The van der Waals surface area contributed by atoms with Crippen LogP contribution in [0.15, 0.2) is 12.2 Å². The third-order valence-electron chi connectivity index (χ3n) is 2.71. The highest BCUT2D eigenvalue weighted by atomic mass is 16.5. The van der Waals surface area contributed by atoms with Crippen molar-refractivity contribution in [2.45, 2.75) is 38.2 Å². The highest BCUT2D eigenvalue weighted by molar-refractivity contribution is 5.79. The minimum atomic E-state index is -0.903. The third-order valence-corrected chi connectivity index (χ3v) is 2.71. The van der Waals surface area contributed by atoms with Crippen molar-refractivity contribution in [3.05, 3.63) is 12.2 Å². The summed E-state index contributed by atoms with van der Waals surface area (Å²) in [5.41, 5.74) is 0. The second-order valence-electron chi connectivity index (χ2n) is 4.08. The van der Waals surface area contributed by atoms with Crippen LogP contribution in [-0.2, 0) is 9.53 Å². The molecule has 0 aromatic rings. The van der Waals surface area contributed by atoms with E-state index in [0.717, 1.165) is 12.6 Å². The average molecular weight is 227 g/mol. The molecule has 4 heteroatoms. The summed E-state index contributed by atoms with van der Waals surface area (Å²) in [5, 5.41) is 11.5. The summed E-state index contributed by atoms with van der Waals surface area (Å²) < 4.78 is 5.71. The lowest BCUT2D eigenvalue weighted by molar-refractivity contribution is -0.131. The van der Waals surface area contributed by atoms with E-state index in [9.17, 15) is 4.79 Å². The quantitative estimate of drug-likeness (QED) is 0.512. The second kappa shape index (κ2) is 8.30. The van der Waals surface area contributed by atoms with E-state index in [4.69, 9.17) is 9.84 Å². The first-order valence-electron chi connectivity index (χ1n) is 6.01. The molecule has 92 valence electrons. The molecule has 0 saturated heterocycles. The van der Waals surface area contributed by atoms with Gasteiger partial charge in [-0.1, -0.05) is 25.3 Å². The zero-order valence-electron chi connectivity index (χ0n) is 9.65. The molecule has 1 aliphatic rings. The molecule has 2 N–H and O–H groups in total. The van der Waals surface area contributed by atoms with Gasteiger partial charge >= 0.3 is 5.97 Å². The Hall–Kier alpha value is -0.870. The van der Waals surface area contributed by atoms with E-state index in [0.29, 0.717) is 19.3 Å². The molecule has 0 radical (unpaired) electrons. The van der Waals surface area contributed by atoms with Crippen LogP contribution < -0.4 is 5.32 Å². The molecule has 0 aromatic carbocycles. The van der Waals surface area contributed by atoms with Gasteiger partial charge < -0.3 is 15.2 Å². The molecule has 0 aliphatic heterocycles. The molecule has 0 unspecified atom stereocenters. The summed E-state index contributed by atoms with van der Waals surface area (Å²) in [6, 6.07) is 0. The monoisotopic (exact) mass is 227 g/mol. The van der Waals surface area contributed by atoms with Gasteiger partial charge in [-0.2, -0.15) is 0 Å². The first kappa shape index (κ1) is 13.2. The highest BCUT2D eigenvalue weighted by Gasteiger charge is 2.12. The van der Waals surface area contributed by atoms with Gasteiger partial charge in [-0.05, 0) is 12.8 Å². The molecule has 4 nitrogen and oxygen atoms in total. The number of hydrogen-bond donors (Lipinski definition) is 2. The van der Waals surface area contributed by atoms with Crippen molar-refractivity contribution >= 4 is 5.97 Å². The lowest BCUT2D eigenvalue weighted by Gasteiger charge is -2.21. The standard InChI is InChI=1S/C12H21NO3/c14-12(15)7-4-8-13-9-10-16-11-5-2-1-3-6-11/h4,7,11,13H,1-3,5-6,8-10H2,(H,14,15)/b7-4+. The maximum atomic E-state index is 10.2. The Kier molecular flexibility index (Phi) is 6.85. The lowest BCUT2D eigenvalue weighted by atomic mass is 9.98. The van der Waals surface area contributed by atoms with E-state index in [1.807, 2.05) is 0 Å². The molecule has 0 amide bonds. The number of carboxylic acid groups (broad SMARTS) is 1. The Bertz CT molecular complexity index is 222. The number of hydrogen-bond acceptors (Lipinski definition) is 3. The number of carbonyl (C=O) groups is 1. The molecule has 1 fully saturated rings. The first-order chi connectivity index (χ1) is 7.79. The Morgan fingerprint density at radius 1 is 1.38 bits per heavy atom. The maximum Gasteiger partial charge on any atom is 0.328 e. The minimum absolute atomic E-state index is 0.449. The molecule has 16 heavy (non-hydrogen) atoms. The number of carboxylic acids is 1. The fourth-order valence-corrected chi connectivity index (χ4v) is 1.87. The van der Waals surface area contributed by atoms with Gasteiger partial charge in [0.25, 0.3) is 0 Å². The van der Waals surface area contributed by atoms with Crippen molar-refractivity contribution in [3.8, 4) is 0 Å². The van der Waals surface area contributed by atoms with E-state index in [-0.39, 0.29) is 0 Å². The number of aliphatic carboxylic acids is 1. The van der Waals surface area contributed by atoms with Gasteiger partial charge in [0.05, 0.1) is 12.7 Å². The predicted octanol–water partition coefficient (Wildman–Crippen LogP) is 1.57. The van der Waals surface area contributed by atoms with Crippen LogP contribution in [0.2, 0.25) is 0 Å². The van der Waals surface area contributed by atoms with Gasteiger partial charge in [0.1, 0.15) is 0 Å². The normalized spacial score (nSPS) is 18.0. The maximum absolute atomic E-state index is 10.2. The fourth-order valence-electron chi connectivity index (χ4n) is 1.87.